The highest BCUT2D eigenvalue weighted by atomic mass is 19.4. The Bertz CT molecular complexity index is 1100. The van der Waals surface area contributed by atoms with Crippen molar-refractivity contribution in [3.8, 4) is 11.6 Å². The summed E-state index contributed by atoms with van der Waals surface area (Å²) < 4.78 is 43.5. The van der Waals surface area contributed by atoms with Crippen LogP contribution in [0.4, 0.5) is 13.2 Å². The van der Waals surface area contributed by atoms with Crippen molar-refractivity contribution in [2.24, 2.45) is 5.92 Å². The van der Waals surface area contributed by atoms with Crippen molar-refractivity contribution in [2.75, 3.05) is 13.2 Å². The minimum atomic E-state index is -4.46. The van der Waals surface area contributed by atoms with E-state index in [1.807, 2.05) is 6.92 Å². The maximum atomic E-state index is 12.7. The number of carbonyl (C=O) groups excluding carboxylic acids is 1. The average Bonchev–Trinajstić information content (AvgIpc) is 2.73. The Kier molecular flexibility index (Phi) is 5.53. The van der Waals surface area contributed by atoms with Crippen molar-refractivity contribution in [1.82, 2.24) is 14.9 Å². The van der Waals surface area contributed by atoms with Crippen LogP contribution in [-0.4, -0.2) is 45.1 Å². The molecule has 0 bridgehead atoms. The van der Waals surface area contributed by atoms with Gasteiger partial charge < -0.3 is 14.7 Å². The summed E-state index contributed by atoms with van der Waals surface area (Å²) >= 11 is 0. The Balaban J connectivity index is 1.50. The molecule has 0 saturated carbocycles. The summed E-state index contributed by atoms with van der Waals surface area (Å²) in [6.07, 6.45) is -2.84. The van der Waals surface area contributed by atoms with E-state index in [4.69, 9.17) is 4.74 Å². The van der Waals surface area contributed by atoms with Crippen LogP contribution in [0.5, 0.6) is 11.6 Å². The van der Waals surface area contributed by atoms with Crippen LogP contribution in [-0.2, 0) is 6.18 Å². The molecule has 1 N–H and O–H groups in total. The molecule has 1 aliphatic heterocycles. The number of amides is 1. The van der Waals surface area contributed by atoms with Crippen LogP contribution in [0, 0.1) is 5.92 Å². The van der Waals surface area contributed by atoms with Crippen LogP contribution in [0.2, 0.25) is 0 Å². The molecule has 0 aliphatic carbocycles. The molecule has 2 atom stereocenters. The zero-order chi connectivity index (χ0) is 22.2. The summed E-state index contributed by atoms with van der Waals surface area (Å²) in [5.41, 5.74) is 0.0147. The van der Waals surface area contributed by atoms with Crippen LogP contribution in [0.15, 0.2) is 48.7 Å². The first-order valence-corrected chi connectivity index (χ1v) is 9.84. The molecule has 3 heterocycles. The van der Waals surface area contributed by atoms with Gasteiger partial charge in [0.15, 0.2) is 0 Å². The Morgan fingerprint density at radius 3 is 2.68 bits per heavy atom. The summed E-state index contributed by atoms with van der Waals surface area (Å²) in [5, 5.41) is 10.2. The third kappa shape index (κ3) is 4.18. The summed E-state index contributed by atoms with van der Waals surface area (Å²) in [7, 11) is 0. The van der Waals surface area contributed by atoms with Crippen LogP contribution < -0.4 is 4.74 Å². The van der Waals surface area contributed by atoms with E-state index in [2.05, 4.69) is 9.97 Å². The lowest BCUT2D eigenvalue weighted by Crippen LogP contribution is -2.60. The zero-order valence-corrected chi connectivity index (χ0v) is 16.6. The molecule has 31 heavy (non-hydrogen) atoms. The predicted octanol–water partition coefficient (Wildman–Crippen LogP) is 4.28. The number of hydrogen-bond acceptors (Lipinski definition) is 5. The lowest BCUT2D eigenvalue weighted by molar-refractivity contribution is -0.137. The zero-order valence-electron chi connectivity index (χ0n) is 16.6. The van der Waals surface area contributed by atoms with E-state index in [9.17, 15) is 23.1 Å². The van der Waals surface area contributed by atoms with Crippen molar-refractivity contribution in [2.45, 2.75) is 25.6 Å². The lowest BCUT2D eigenvalue weighted by atomic mass is 9.86. The van der Waals surface area contributed by atoms with E-state index < -0.39 is 11.7 Å². The Labute approximate surface area is 176 Å². The minimum Gasteiger partial charge on any atom is -0.439 e. The number of rotatable bonds is 5. The molecule has 162 valence electrons. The number of pyridine rings is 2. The molecule has 0 radical (unpaired) electrons. The Hall–Kier alpha value is -3.20. The normalized spacial score (nSPS) is 18.7. The number of nitrogens with zero attached hydrogens (tertiary/aromatic N) is 3. The Morgan fingerprint density at radius 1 is 1.23 bits per heavy atom. The predicted molar refractivity (Wildman–Crippen MR) is 107 cm³/mol. The molecule has 0 spiro atoms. The van der Waals surface area contributed by atoms with Crippen LogP contribution in [0.25, 0.3) is 10.9 Å². The number of aliphatic hydroxyl groups excluding tert-OH is 1. The number of carbonyl (C=O) groups is 1. The number of halogens is 3. The van der Waals surface area contributed by atoms with Crippen molar-refractivity contribution >= 4 is 16.8 Å². The second-order valence-electron chi connectivity index (χ2n) is 7.41. The number of alkyl halides is 3. The molecular formula is C22H20F3N3O3. The average molecular weight is 431 g/mol. The number of aliphatic hydroxyl groups is 1. The van der Waals surface area contributed by atoms with Gasteiger partial charge in [-0.3, -0.25) is 4.79 Å². The van der Waals surface area contributed by atoms with Gasteiger partial charge in [0.1, 0.15) is 11.4 Å². The van der Waals surface area contributed by atoms with Crippen LogP contribution in [0.1, 0.15) is 29.4 Å². The quantitative estimate of drug-likeness (QED) is 0.653. The molecule has 1 aliphatic rings. The van der Waals surface area contributed by atoms with E-state index in [1.165, 1.54) is 0 Å². The van der Waals surface area contributed by atoms with Gasteiger partial charge >= 0.3 is 6.18 Å². The number of ether oxygens (including phenoxy) is 1. The van der Waals surface area contributed by atoms with Crippen molar-refractivity contribution in [3.05, 3.63) is 59.9 Å². The molecule has 1 aromatic carbocycles. The number of likely N-dealkylation sites (tertiary alicyclic amines) is 1. The van der Waals surface area contributed by atoms with E-state index in [0.29, 0.717) is 41.0 Å². The molecule has 1 fully saturated rings. The second kappa shape index (κ2) is 8.14. The standard InChI is InChI=1S/C22H20F3N3O3/c1-2-13-11-28(19(13)12-29)21(30)18-6-3-14-9-16(5-7-17(14)27-18)31-20-8-4-15(10-26-20)22(23,24)25/h3-10,13,19,29H,2,11-12H2,1H3/t13-,19+/m0/s1. The van der Waals surface area contributed by atoms with Gasteiger partial charge in [0.05, 0.1) is 23.7 Å². The molecule has 1 amide bonds. The monoisotopic (exact) mass is 431 g/mol. The molecular weight excluding hydrogens is 411 g/mol. The first kappa shape index (κ1) is 21.0. The maximum Gasteiger partial charge on any atom is 0.417 e. The lowest BCUT2D eigenvalue weighted by Gasteiger charge is -2.47. The van der Waals surface area contributed by atoms with Gasteiger partial charge in [-0.05, 0) is 42.7 Å². The van der Waals surface area contributed by atoms with E-state index >= 15 is 0 Å². The van der Waals surface area contributed by atoms with Gasteiger partial charge in [-0.2, -0.15) is 13.2 Å². The number of benzene rings is 1. The van der Waals surface area contributed by atoms with Crippen molar-refractivity contribution < 1.29 is 27.8 Å². The molecule has 9 heteroatoms. The van der Waals surface area contributed by atoms with E-state index in [-0.39, 0.29) is 24.4 Å². The fraction of sp³-hybridized carbons (Fsp3) is 0.318. The molecule has 3 aromatic rings. The molecule has 1 saturated heterocycles. The van der Waals surface area contributed by atoms with Gasteiger partial charge in [0, 0.05) is 24.2 Å². The third-order valence-corrected chi connectivity index (χ3v) is 5.51. The summed E-state index contributed by atoms with van der Waals surface area (Å²) in [6, 6.07) is 10.2. The highest BCUT2D eigenvalue weighted by Gasteiger charge is 2.40. The van der Waals surface area contributed by atoms with Crippen LogP contribution in [0.3, 0.4) is 0 Å². The number of hydrogen-bond donors (Lipinski definition) is 1. The summed E-state index contributed by atoms with van der Waals surface area (Å²) in [6.45, 7) is 2.56. The van der Waals surface area contributed by atoms with Gasteiger partial charge in [-0.1, -0.05) is 13.0 Å². The smallest absolute Gasteiger partial charge is 0.417 e. The minimum absolute atomic E-state index is 0.0328. The van der Waals surface area contributed by atoms with E-state index in [1.54, 1.807) is 35.2 Å². The summed E-state index contributed by atoms with van der Waals surface area (Å²) in [4.78, 5) is 22.5. The van der Waals surface area contributed by atoms with Crippen molar-refractivity contribution in [1.29, 1.82) is 0 Å². The van der Waals surface area contributed by atoms with Gasteiger partial charge in [0.2, 0.25) is 5.88 Å². The SMILES string of the molecule is CC[C@H]1CN(C(=O)c2ccc3cc(Oc4ccc(C(F)(F)F)cn4)ccc3n2)[C@@H]1CO. The number of aromatic nitrogens is 2. The maximum absolute atomic E-state index is 12.7. The first-order valence-electron chi connectivity index (χ1n) is 9.84. The molecule has 0 unspecified atom stereocenters. The molecule has 6 nitrogen and oxygen atoms in total. The largest absolute Gasteiger partial charge is 0.439 e. The molecule has 2 aromatic heterocycles. The number of fused-ring (bicyclic) bond motifs is 1. The topological polar surface area (TPSA) is 75.6 Å². The first-order chi connectivity index (χ1) is 14.8. The Morgan fingerprint density at radius 2 is 2.03 bits per heavy atom. The highest BCUT2D eigenvalue weighted by Crippen LogP contribution is 2.31. The van der Waals surface area contributed by atoms with Crippen LogP contribution >= 0.6 is 0 Å². The fourth-order valence-corrected chi connectivity index (χ4v) is 3.67. The van der Waals surface area contributed by atoms with Gasteiger partial charge in [-0.15, -0.1) is 0 Å². The highest BCUT2D eigenvalue weighted by molar-refractivity contribution is 5.95. The third-order valence-electron chi connectivity index (χ3n) is 5.51. The van der Waals surface area contributed by atoms with Gasteiger partial charge in [-0.25, -0.2) is 9.97 Å². The van der Waals surface area contributed by atoms with Gasteiger partial charge in [0.25, 0.3) is 5.91 Å². The second-order valence-corrected chi connectivity index (χ2v) is 7.41. The fourth-order valence-electron chi connectivity index (χ4n) is 3.67. The molecule has 4 rings (SSSR count). The summed E-state index contributed by atoms with van der Waals surface area (Å²) in [5.74, 6) is 0.493. The van der Waals surface area contributed by atoms with E-state index in [0.717, 1.165) is 18.6 Å². The van der Waals surface area contributed by atoms with Crippen molar-refractivity contribution in [3.63, 3.8) is 0 Å².